The van der Waals surface area contributed by atoms with Crippen molar-refractivity contribution in [1.82, 2.24) is 19.3 Å². The number of aromatic nitrogens is 4. The number of ketones is 1. The zero-order valence-corrected chi connectivity index (χ0v) is 15.5. The fourth-order valence-electron chi connectivity index (χ4n) is 3.30. The quantitative estimate of drug-likeness (QED) is 0.483. The Kier molecular flexibility index (Phi) is 4.40. The fraction of sp³-hybridized carbons (Fsp3) is 0.316. The molecule has 3 aromatic rings. The number of nitrogens with zero attached hydrogens (tertiary/aromatic N) is 4. The van der Waals surface area contributed by atoms with Gasteiger partial charge in [-0.05, 0) is 44.9 Å². The first-order chi connectivity index (χ1) is 12.6. The molecule has 0 unspecified atom stereocenters. The van der Waals surface area contributed by atoms with Gasteiger partial charge in [0.15, 0.2) is 10.9 Å². The van der Waals surface area contributed by atoms with E-state index in [9.17, 15) is 9.18 Å². The van der Waals surface area contributed by atoms with Crippen LogP contribution >= 0.6 is 11.8 Å². The van der Waals surface area contributed by atoms with E-state index < -0.39 is 0 Å². The van der Waals surface area contributed by atoms with Gasteiger partial charge in [0.25, 0.3) is 0 Å². The van der Waals surface area contributed by atoms with E-state index in [0.717, 1.165) is 17.0 Å². The number of carbonyl (C=O) groups is 1. The molecule has 5 nitrogen and oxygen atoms in total. The molecule has 0 saturated heterocycles. The summed E-state index contributed by atoms with van der Waals surface area (Å²) in [5.74, 6) is -0.0613. The lowest BCUT2D eigenvalue weighted by Crippen LogP contribution is -2.07. The number of benzene rings is 1. The lowest BCUT2D eigenvalue weighted by atomic mass is 10.2. The van der Waals surface area contributed by atoms with Gasteiger partial charge in [-0.2, -0.15) is 0 Å². The lowest BCUT2D eigenvalue weighted by molar-refractivity contribution is 0.102. The Morgan fingerprint density at radius 1 is 1.31 bits per heavy atom. The Morgan fingerprint density at radius 2 is 2.08 bits per heavy atom. The van der Waals surface area contributed by atoms with Gasteiger partial charge in [0.1, 0.15) is 12.1 Å². The maximum absolute atomic E-state index is 14.0. The van der Waals surface area contributed by atoms with Gasteiger partial charge in [0, 0.05) is 23.0 Å². The van der Waals surface area contributed by atoms with E-state index >= 15 is 0 Å². The maximum Gasteiger partial charge on any atom is 0.196 e. The second-order valence-electron chi connectivity index (χ2n) is 6.53. The van der Waals surface area contributed by atoms with Crippen LogP contribution in [0.2, 0.25) is 0 Å². The minimum Gasteiger partial charge on any atom is -0.345 e. The van der Waals surface area contributed by atoms with Crippen molar-refractivity contribution in [3.63, 3.8) is 0 Å². The van der Waals surface area contributed by atoms with Crippen LogP contribution in [0.25, 0.3) is 5.69 Å². The molecule has 1 aromatic carbocycles. The normalized spacial score (nSPS) is 14.0. The summed E-state index contributed by atoms with van der Waals surface area (Å²) in [6.45, 7) is 4.05. The Morgan fingerprint density at radius 3 is 2.81 bits per heavy atom. The number of hydrogen-bond acceptors (Lipinski definition) is 4. The standard InChI is InChI=1S/C19H19FN4OS/c1-12-9-15(13(2)24(12)14-7-8-14)18(25)10-26-19-22-21-11-23(19)17-6-4-3-5-16(17)20/h3-6,9,11,14H,7-8,10H2,1-2H3. The van der Waals surface area contributed by atoms with E-state index in [1.54, 1.807) is 22.8 Å². The highest BCUT2D eigenvalue weighted by Crippen LogP contribution is 2.38. The van der Waals surface area contributed by atoms with Crippen molar-refractivity contribution in [2.75, 3.05) is 5.75 Å². The van der Waals surface area contributed by atoms with Crippen LogP contribution in [0.5, 0.6) is 0 Å². The summed E-state index contributed by atoms with van der Waals surface area (Å²) in [4.78, 5) is 12.7. The van der Waals surface area contributed by atoms with Crippen molar-refractivity contribution >= 4 is 17.5 Å². The largest absolute Gasteiger partial charge is 0.345 e. The Balaban J connectivity index is 1.52. The fourth-order valence-corrected chi connectivity index (χ4v) is 4.10. The van der Waals surface area contributed by atoms with Crippen LogP contribution in [0.4, 0.5) is 4.39 Å². The highest BCUT2D eigenvalue weighted by atomic mass is 32.2. The number of thioether (sulfide) groups is 1. The molecule has 7 heteroatoms. The van der Waals surface area contributed by atoms with E-state index in [4.69, 9.17) is 0 Å². The summed E-state index contributed by atoms with van der Waals surface area (Å²) >= 11 is 1.27. The number of Topliss-reactive ketones (excluding diaryl/α,β-unsaturated/α-hetero) is 1. The van der Waals surface area contributed by atoms with Crippen molar-refractivity contribution in [1.29, 1.82) is 0 Å². The molecular weight excluding hydrogens is 351 g/mol. The van der Waals surface area contributed by atoms with Crippen molar-refractivity contribution in [3.05, 3.63) is 59.4 Å². The van der Waals surface area contributed by atoms with Crippen LogP contribution in [0.1, 0.15) is 40.6 Å². The Hall–Kier alpha value is -2.41. The lowest BCUT2D eigenvalue weighted by Gasteiger charge is -2.08. The number of carbonyl (C=O) groups excluding carboxylic acids is 1. The molecule has 4 rings (SSSR count). The van der Waals surface area contributed by atoms with Gasteiger partial charge in [-0.15, -0.1) is 10.2 Å². The van der Waals surface area contributed by atoms with Gasteiger partial charge in [-0.1, -0.05) is 23.9 Å². The van der Waals surface area contributed by atoms with Crippen LogP contribution < -0.4 is 0 Å². The molecule has 1 saturated carbocycles. The maximum atomic E-state index is 14.0. The molecule has 2 heterocycles. The monoisotopic (exact) mass is 370 g/mol. The van der Waals surface area contributed by atoms with Crippen LogP contribution in [0.3, 0.4) is 0 Å². The SMILES string of the molecule is Cc1cc(C(=O)CSc2nncn2-c2ccccc2F)c(C)n1C1CC1. The molecule has 0 spiro atoms. The van der Waals surface area contributed by atoms with Crippen LogP contribution in [-0.4, -0.2) is 30.9 Å². The number of rotatable bonds is 6. The van der Waals surface area contributed by atoms with Crippen molar-refractivity contribution in [2.24, 2.45) is 0 Å². The molecule has 0 radical (unpaired) electrons. The smallest absolute Gasteiger partial charge is 0.196 e. The van der Waals surface area contributed by atoms with E-state index in [0.29, 0.717) is 16.9 Å². The Labute approximate surface area is 155 Å². The number of halogens is 1. The van der Waals surface area contributed by atoms with E-state index in [1.807, 2.05) is 19.9 Å². The summed E-state index contributed by atoms with van der Waals surface area (Å²) < 4.78 is 17.9. The van der Waals surface area contributed by atoms with Gasteiger partial charge in [-0.25, -0.2) is 4.39 Å². The molecule has 1 aliphatic rings. The highest BCUT2D eigenvalue weighted by Gasteiger charge is 2.28. The van der Waals surface area contributed by atoms with E-state index in [-0.39, 0.29) is 17.4 Å². The van der Waals surface area contributed by atoms with Crippen molar-refractivity contribution in [2.45, 2.75) is 37.9 Å². The van der Waals surface area contributed by atoms with Gasteiger partial charge in [0.2, 0.25) is 0 Å². The molecule has 1 fully saturated rings. The second kappa shape index (κ2) is 6.72. The van der Waals surface area contributed by atoms with Crippen LogP contribution in [0, 0.1) is 19.7 Å². The van der Waals surface area contributed by atoms with E-state index in [2.05, 4.69) is 14.8 Å². The topological polar surface area (TPSA) is 52.7 Å². The predicted molar refractivity (Wildman–Crippen MR) is 98.5 cm³/mol. The average Bonchev–Trinajstić information content (AvgIpc) is 3.26. The number of hydrogen-bond donors (Lipinski definition) is 0. The van der Waals surface area contributed by atoms with Gasteiger partial charge < -0.3 is 4.57 Å². The first-order valence-electron chi connectivity index (χ1n) is 8.55. The molecule has 0 aliphatic heterocycles. The summed E-state index contributed by atoms with van der Waals surface area (Å²) in [5, 5.41) is 8.40. The average molecular weight is 370 g/mol. The van der Waals surface area contributed by atoms with Gasteiger partial charge >= 0.3 is 0 Å². The Bertz CT molecular complexity index is 974. The summed E-state index contributed by atoms with van der Waals surface area (Å²) in [5.41, 5.74) is 3.30. The molecule has 2 aromatic heterocycles. The highest BCUT2D eigenvalue weighted by molar-refractivity contribution is 7.99. The van der Waals surface area contributed by atoms with Crippen molar-refractivity contribution in [3.8, 4) is 5.69 Å². The molecule has 0 N–H and O–H groups in total. The summed E-state index contributed by atoms with van der Waals surface area (Å²) in [6, 6.07) is 8.96. The third kappa shape index (κ3) is 3.07. The number of aryl methyl sites for hydroxylation is 1. The van der Waals surface area contributed by atoms with Gasteiger partial charge in [-0.3, -0.25) is 9.36 Å². The molecule has 134 valence electrons. The molecule has 1 aliphatic carbocycles. The molecule has 0 atom stereocenters. The third-order valence-corrected chi connectivity index (χ3v) is 5.60. The zero-order valence-electron chi connectivity index (χ0n) is 14.6. The van der Waals surface area contributed by atoms with Crippen LogP contribution in [0.15, 0.2) is 41.8 Å². The second-order valence-corrected chi connectivity index (χ2v) is 7.48. The van der Waals surface area contributed by atoms with E-state index in [1.165, 1.54) is 37.0 Å². The molecular formula is C19H19FN4OS. The first-order valence-corrected chi connectivity index (χ1v) is 9.54. The zero-order chi connectivity index (χ0) is 18.3. The summed E-state index contributed by atoms with van der Waals surface area (Å²) in [6.07, 6.45) is 3.83. The third-order valence-electron chi connectivity index (χ3n) is 4.66. The summed E-state index contributed by atoms with van der Waals surface area (Å²) in [7, 11) is 0. The molecule has 26 heavy (non-hydrogen) atoms. The minimum atomic E-state index is -0.353. The predicted octanol–water partition coefficient (Wildman–Crippen LogP) is 4.13. The molecule has 0 amide bonds. The minimum absolute atomic E-state index is 0.0538. The van der Waals surface area contributed by atoms with Crippen LogP contribution in [-0.2, 0) is 0 Å². The molecule has 0 bridgehead atoms. The van der Waals surface area contributed by atoms with Gasteiger partial charge in [0.05, 0.1) is 11.4 Å². The number of para-hydroxylation sites is 1. The first kappa shape index (κ1) is 17.0. The van der Waals surface area contributed by atoms with Crippen molar-refractivity contribution < 1.29 is 9.18 Å².